The maximum atomic E-state index is 11.2. The van der Waals surface area contributed by atoms with Gasteiger partial charge in [-0.05, 0) is 6.92 Å². The summed E-state index contributed by atoms with van der Waals surface area (Å²) in [6.45, 7) is 1.79. The number of aromatic nitrogens is 3. The summed E-state index contributed by atoms with van der Waals surface area (Å²) in [6, 6.07) is 0. The molecule has 0 amide bonds. The fourth-order valence-electron chi connectivity index (χ4n) is 0.984. The van der Waals surface area contributed by atoms with Gasteiger partial charge in [-0.15, -0.1) is 5.10 Å². The SMILES string of the molecule is CC1=Nc2c(nn[nH]c2=O)NN1C. The number of amidine groups is 1. The van der Waals surface area contributed by atoms with Crippen LogP contribution in [0.15, 0.2) is 9.79 Å². The van der Waals surface area contributed by atoms with Crippen LogP contribution in [0, 0.1) is 0 Å². The van der Waals surface area contributed by atoms with Gasteiger partial charge in [-0.25, -0.2) is 10.1 Å². The van der Waals surface area contributed by atoms with E-state index in [-0.39, 0.29) is 11.2 Å². The maximum Gasteiger partial charge on any atom is 0.295 e. The van der Waals surface area contributed by atoms with Gasteiger partial charge in [-0.1, -0.05) is 5.21 Å². The summed E-state index contributed by atoms with van der Waals surface area (Å²) in [6.07, 6.45) is 0. The van der Waals surface area contributed by atoms with E-state index in [4.69, 9.17) is 0 Å². The van der Waals surface area contributed by atoms with E-state index in [1.54, 1.807) is 19.0 Å². The zero-order chi connectivity index (χ0) is 9.42. The van der Waals surface area contributed by atoms with Crippen molar-refractivity contribution in [2.24, 2.45) is 4.99 Å². The molecule has 1 aromatic heterocycles. The second-order valence-electron chi connectivity index (χ2n) is 2.67. The molecule has 0 aliphatic carbocycles. The van der Waals surface area contributed by atoms with Gasteiger partial charge in [0.05, 0.1) is 0 Å². The third kappa shape index (κ3) is 1.13. The van der Waals surface area contributed by atoms with Gasteiger partial charge < -0.3 is 0 Å². The molecule has 0 fully saturated rings. The second kappa shape index (κ2) is 2.54. The Balaban J connectivity index is 2.63. The lowest BCUT2D eigenvalue weighted by Crippen LogP contribution is -2.34. The normalized spacial score (nSPS) is 14.6. The van der Waals surface area contributed by atoms with E-state index in [1.165, 1.54) is 0 Å². The third-order valence-corrected chi connectivity index (χ3v) is 1.77. The molecule has 0 radical (unpaired) electrons. The number of aromatic amines is 1. The molecule has 2 heterocycles. The molecule has 1 aliphatic heterocycles. The van der Waals surface area contributed by atoms with Crippen LogP contribution in [0.25, 0.3) is 0 Å². The summed E-state index contributed by atoms with van der Waals surface area (Å²) in [7, 11) is 1.78. The molecule has 0 unspecified atom stereocenters. The quantitative estimate of drug-likeness (QED) is 0.561. The van der Waals surface area contributed by atoms with Gasteiger partial charge >= 0.3 is 0 Å². The van der Waals surface area contributed by atoms with Crippen molar-refractivity contribution in [2.75, 3.05) is 12.5 Å². The van der Waals surface area contributed by atoms with Crippen LogP contribution in [0.5, 0.6) is 0 Å². The molecular formula is C6H8N6O. The Morgan fingerprint density at radius 1 is 1.46 bits per heavy atom. The molecule has 13 heavy (non-hydrogen) atoms. The van der Waals surface area contributed by atoms with Gasteiger partial charge in [0.25, 0.3) is 5.56 Å². The first kappa shape index (κ1) is 7.71. The molecule has 1 aromatic rings. The van der Waals surface area contributed by atoms with E-state index in [0.717, 1.165) is 0 Å². The lowest BCUT2D eigenvalue weighted by molar-refractivity contribution is 0.586. The molecule has 7 heteroatoms. The Bertz CT molecular complexity index is 421. The number of aliphatic imine (C=N–C) groups is 1. The monoisotopic (exact) mass is 180 g/mol. The summed E-state index contributed by atoms with van der Waals surface area (Å²) in [5.74, 6) is 1.07. The zero-order valence-corrected chi connectivity index (χ0v) is 7.20. The van der Waals surface area contributed by atoms with E-state index in [2.05, 4.69) is 25.8 Å². The first-order valence-corrected chi connectivity index (χ1v) is 3.69. The van der Waals surface area contributed by atoms with Crippen molar-refractivity contribution in [3.63, 3.8) is 0 Å². The average Bonchev–Trinajstić information content (AvgIpc) is 2.09. The Labute approximate surface area is 73.5 Å². The molecule has 0 spiro atoms. The number of nitrogens with zero attached hydrogens (tertiary/aromatic N) is 4. The van der Waals surface area contributed by atoms with Crippen molar-refractivity contribution in [2.45, 2.75) is 6.92 Å². The topological polar surface area (TPSA) is 86.3 Å². The largest absolute Gasteiger partial charge is 0.295 e. The van der Waals surface area contributed by atoms with Crippen LogP contribution in [0.3, 0.4) is 0 Å². The minimum Gasteiger partial charge on any atom is -0.277 e. The molecule has 1 aliphatic rings. The van der Waals surface area contributed by atoms with E-state index in [0.29, 0.717) is 11.7 Å². The fourth-order valence-corrected chi connectivity index (χ4v) is 0.984. The van der Waals surface area contributed by atoms with Crippen LogP contribution < -0.4 is 11.0 Å². The number of hydrazine groups is 1. The zero-order valence-electron chi connectivity index (χ0n) is 7.20. The van der Waals surface area contributed by atoms with Crippen LogP contribution in [0.2, 0.25) is 0 Å². The standard InChI is InChI=1S/C6H8N6O/c1-3-7-4-5(10-12(3)2)8-11-9-6(4)13/h1-2H3,(H2,8,9,10,13). The molecule has 0 saturated heterocycles. The van der Waals surface area contributed by atoms with E-state index < -0.39 is 0 Å². The summed E-state index contributed by atoms with van der Waals surface area (Å²) in [5.41, 5.74) is 2.79. The Kier molecular flexibility index (Phi) is 1.51. The maximum absolute atomic E-state index is 11.2. The van der Waals surface area contributed by atoms with Gasteiger partial charge in [0, 0.05) is 7.05 Å². The van der Waals surface area contributed by atoms with Crippen molar-refractivity contribution in [1.82, 2.24) is 20.4 Å². The average molecular weight is 180 g/mol. The first-order chi connectivity index (χ1) is 6.18. The third-order valence-electron chi connectivity index (χ3n) is 1.77. The highest BCUT2D eigenvalue weighted by Gasteiger charge is 2.16. The van der Waals surface area contributed by atoms with Crippen LogP contribution in [-0.4, -0.2) is 33.3 Å². The summed E-state index contributed by atoms with van der Waals surface area (Å²) < 4.78 is 0. The van der Waals surface area contributed by atoms with Crippen molar-refractivity contribution >= 4 is 17.3 Å². The predicted molar refractivity (Wildman–Crippen MR) is 46.8 cm³/mol. The first-order valence-electron chi connectivity index (χ1n) is 3.69. The Morgan fingerprint density at radius 2 is 2.23 bits per heavy atom. The molecule has 2 rings (SSSR count). The lowest BCUT2D eigenvalue weighted by Gasteiger charge is -2.23. The number of anilines is 1. The lowest BCUT2D eigenvalue weighted by atomic mass is 10.4. The van der Waals surface area contributed by atoms with Crippen LogP contribution in [0.1, 0.15) is 6.92 Å². The molecule has 0 aromatic carbocycles. The van der Waals surface area contributed by atoms with Crippen molar-refractivity contribution in [1.29, 1.82) is 0 Å². The summed E-state index contributed by atoms with van der Waals surface area (Å²) >= 11 is 0. The Morgan fingerprint density at radius 3 is 3.00 bits per heavy atom. The van der Waals surface area contributed by atoms with Crippen LogP contribution in [-0.2, 0) is 0 Å². The smallest absolute Gasteiger partial charge is 0.277 e. The minimum absolute atomic E-state index is 0.269. The van der Waals surface area contributed by atoms with Crippen molar-refractivity contribution in [3.05, 3.63) is 10.4 Å². The van der Waals surface area contributed by atoms with E-state index in [9.17, 15) is 4.79 Å². The highest BCUT2D eigenvalue weighted by molar-refractivity contribution is 5.87. The van der Waals surface area contributed by atoms with Crippen LogP contribution in [0.4, 0.5) is 11.5 Å². The number of hydrogen-bond acceptors (Lipinski definition) is 6. The summed E-state index contributed by atoms with van der Waals surface area (Å²) in [5, 5.41) is 11.0. The van der Waals surface area contributed by atoms with Crippen LogP contribution >= 0.6 is 0 Å². The van der Waals surface area contributed by atoms with Gasteiger partial charge in [0.1, 0.15) is 5.84 Å². The molecule has 7 nitrogen and oxygen atoms in total. The minimum atomic E-state index is -0.343. The van der Waals surface area contributed by atoms with Gasteiger partial charge in [-0.3, -0.25) is 15.2 Å². The van der Waals surface area contributed by atoms with Gasteiger partial charge in [0.2, 0.25) is 5.82 Å². The number of rotatable bonds is 0. The van der Waals surface area contributed by atoms with E-state index in [1.807, 2.05) is 0 Å². The second-order valence-corrected chi connectivity index (χ2v) is 2.67. The highest BCUT2D eigenvalue weighted by atomic mass is 16.1. The highest BCUT2D eigenvalue weighted by Crippen LogP contribution is 2.20. The van der Waals surface area contributed by atoms with Crippen molar-refractivity contribution < 1.29 is 0 Å². The van der Waals surface area contributed by atoms with Gasteiger partial charge in [0.15, 0.2) is 5.69 Å². The molecule has 0 saturated carbocycles. The number of fused-ring (bicyclic) bond motifs is 1. The number of H-pyrrole nitrogens is 1. The van der Waals surface area contributed by atoms with E-state index >= 15 is 0 Å². The summed E-state index contributed by atoms with van der Waals surface area (Å²) in [4.78, 5) is 15.3. The van der Waals surface area contributed by atoms with Gasteiger partial charge in [-0.2, -0.15) is 0 Å². The number of hydrogen-bond donors (Lipinski definition) is 2. The Hall–Kier alpha value is -1.92. The molecule has 68 valence electrons. The molecule has 0 bridgehead atoms. The fraction of sp³-hybridized carbons (Fsp3) is 0.333. The molecule has 0 atom stereocenters. The molecule has 2 N–H and O–H groups in total. The predicted octanol–water partition coefficient (Wildman–Crippen LogP) is -0.513. The van der Waals surface area contributed by atoms with Crippen molar-refractivity contribution in [3.8, 4) is 0 Å². The number of nitrogens with one attached hydrogen (secondary N) is 2. The molecular weight excluding hydrogens is 172 g/mol.